The van der Waals surface area contributed by atoms with Gasteiger partial charge in [0.05, 0.1) is 23.4 Å². The van der Waals surface area contributed by atoms with Crippen molar-refractivity contribution in [2.75, 3.05) is 23.9 Å². The van der Waals surface area contributed by atoms with Crippen LogP contribution in [-0.4, -0.2) is 42.3 Å². The minimum Gasteiger partial charge on any atom is -0.439 e. The van der Waals surface area contributed by atoms with Crippen LogP contribution in [0.3, 0.4) is 0 Å². The minimum atomic E-state index is -1.33. The summed E-state index contributed by atoms with van der Waals surface area (Å²) >= 11 is 0. The molecule has 0 spiro atoms. The fraction of sp³-hybridized carbons (Fsp3) is 0.261. The number of fused-ring (bicyclic) bond motifs is 2. The molecule has 3 aliphatic rings. The average Bonchev–Trinajstić information content (AvgIpc) is 3.31. The van der Waals surface area contributed by atoms with E-state index in [1.54, 1.807) is 12.2 Å². The molecule has 2 aliphatic heterocycles. The highest BCUT2D eigenvalue weighted by molar-refractivity contribution is 5.91. The molecule has 1 fully saturated rings. The Bertz CT molecular complexity index is 1080. The number of carbonyl (C=O) groups is 1. The van der Waals surface area contributed by atoms with Crippen LogP contribution in [0.25, 0.3) is 0 Å². The first-order valence-electron chi connectivity index (χ1n) is 9.80. The molecule has 0 saturated heterocycles. The number of aliphatic hydroxyl groups excluding tert-OH is 2. The zero-order valence-corrected chi connectivity index (χ0v) is 16.6. The number of para-hydroxylation sites is 4. The molecule has 4 atom stereocenters. The lowest BCUT2D eigenvalue weighted by molar-refractivity contribution is -0.127. The maximum absolute atomic E-state index is 12.8. The zero-order chi connectivity index (χ0) is 21.0. The number of benzene rings is 2. The van der Waals surface area contributed by atoms with E-state index < -0.39 is 29.8 Å². The molecule has 154 valence electrons. The van der Waals surface area contributed by atoms with E-state index in [9.17, 15) is 15.0 Å². The summed E-state index contributed by atoms with van der Waals surface area (Å²) < 4.78 is 11.7. The van der Waals surface area contributed by atoms with Crippen LogP contribution in [0.1, 0.15) is 0 Å². The summed E-state index contributed by atoms with van der Waals surface area (Å²) in [5.74, 6) is 0.185. The van der Waals surface area contributed by atoms with Crippen LogP contribution in [0.4, 0.5) is 11.4 Å². The first-order valence-corrected chi connectivity index (χ1v) is 9.80. The fourth-order valence-electron chi connectivity index (χ4n) is 4.20. The maximum Gasteiger partial charge on any atom is 0.197 e. The van der Waals surface area contributed by atoms with Gasteiger partial charge in [-0.25, -0.2) is 0 Å². The molecule has 0 aromatic heterocycles. The lowest BCUT2D eigenvalue weighted by atomic mass is 9.99. The second-order valence-electron chi connectivity index (χ2n) is 7.71. The molecular formula is C23H22N2O5. The lowest BCUT2D eigenvalue weighted by Gasteiger charge is -2.18. The zero-order valence-electron chi connectivity index (χ0n) is 16.6. The first kappa shape index (κ1) is 18.7. The van der Waals surface area contributed by atoms with Crippen LogP contribution in [0, 0.1) is 11.8 Å². The third kappa shape index (κ3) is 2.78. The summed E-state index contributed by atoms with van der Waals surface area (Å²) in [5.41, 5.74) is 1.76. The van der Waals surface area contributed by atoms with Crippen molar-refractivity contribution < 1.29 is 24.5 Å². The highest BCUT2D eigenvalue weighted by atomic mass is 16.5. The predicted molar refractivity (Wildman–Crippen MR) is 111 cm³/mol. The monoisotopic (exact) mass is 406 g/mol. The summed E-state index contributed by atoms with van der Waals surface area (Å²) in [5, 5.41) is 21.5. The molecule has 1 saturated carbocycles. The van der Waals surface area contributed by atoms with Gasteiger partial charge in [0.15, 0.2) is 29.0 Å². The van der Waals surface area contributed by atoms with Gasteiger partial charge < -0.3 is 29.5 Å². The summed E-state index contributed by atoms with van der Waals surface area (Å²) in [6.07, 6.45) is 0.778. The van der Waals surface area contributed by atoms with Crippen molar-refractivity contribution in [3.05, 3.63) is 72.4 Å². The minimum absolute atomic E-state index is 0.442. The number of rotatable bonds is 2. The van der Waals surface area contributed by atoms with Gasteiger partial charge in [-0.05, 0) is 36.4 Å². The number of anilines is 2. The van der Waals surface area contributed by atoms with Crippen LogP contribution in [0.5, 0.6) is 11.5 Å². The number of ether oxygens (including phenoxy) is 2. The van der Waals surface area contributed by atoms with Crippen molar-refractivity contribution in [3.63, 3.8) is 0 Å². The predicted octanol–water partition coefficient (Wildman–Crippen LogP) is 2.26. The number of Topliss-reactive ketones (excluding diaryl/α,β-unsaturated/α-hetero) is 1. The van der Waals surface area contributed by atoms with E-state index in [1.165, 1.54) is 0 Å². The molecular weight excluding hydrogens is 384 g/mol. The largest absolute Gasteiger partial charge is 0.439 e. The number of hydrogen-bond donors (Lipinski definition) is 2. The number of carbonyl (C=O) groups excluding carboxylic acids is 1. The smallest absolute Gasteiger partial charge is 0.197 e. The normalized spacial score (nSPS) is 29.9. The van der Waals surface area contributed by atoms with Crippen molar-refractivity contribution in [2.24, 2.45) is 11.8 Å². The van der Waals surface area contributed by atoms with Gasteiger partial charge in [0.1, 0.15) is 6.10 Å². The summed E-state index contributed by atoms with van der Waals surface area (Å²) in [6, 6.07) is 15.1. The average molecular weight is 406 g/mol. The van der Waals surface area contributed by atoms with Crippen molar-refractivity contribution >= 4 is 17.2 Å². The van der Waals surface area contributed by atoms with Gasteiger partial charge in [0.2, 0.25) is 0 Å². The molecule has 4 unspecified atom stereocenters. The molecule has 7 heteroatoms. The molecule has 2 aromatic carbocycles. The Morgan fingerprint density at radius 2 is 1.33 bits per heavy atom. The van der Waals surface area contributed by atoms with Crippen LogP contribution < -0.4 is 19.3 Å². The Morgan fingerprint density at radius 3 is 1.87 bits per heavy atom. The second-order valence-corrected chi connectivity index (χ2v) is 7.71. The van der Waals surface area contributed by atoms with E-state index in [2.05, 4.69) is 0 Å². The lowest BCUT2D eigenvalue weighted by Crippen LogP contribution is -2.26. The number of nitrogens with zero attached hydrogens (tertiary/aromatic N) is 2. The van der Waals surface area contributed by atoms with Crippen molar-refractivity contribution in [2.45, 2.75) is 12.2 Å². The molecule has 5 rings (SSSR count). The van der Waals surface area contributed by atoms with E-state index in [0.717, 1.165) is 11.4 Å². The highest BCUT2D eigenvalue weighted by Gasteiger charge is 2.48. The summed E-state index contributed by atoms with van der Waals surface area (Å²) in [4.78, 5) is 16.4. The molecule has 1 aliphatic carbocycles. The van der Waals surface area contributed by atoms with Gasteiger partial charge in [0.25, 0.3) is 0 Å². The maximum atomic E-state index is 12.8. The summed E-state index contributed by atoms with van der Waals surface area (Å²) in [7, 11) is 3.67. The van der Waals surface area contributed by atoms with Crippen LogP contribution in [0.15, 0.2) is 72.4 Å². The molecule has 7 nitrogen and oxygen atoms in total. The number of aliphatic hydroxyl groups is 2. The third-order valence-corrected chi connectivity index (χ3v) is 5.95. The fourth-order valence-corrected chi connectivity index (χ4v) is 4.20. The van der Waals surface area contributed by atoms with Crippen molar-refractivity contribution in [1.82, 2.24) is 0 Å². The summed E-state index contributed by atoms with van der Waals surface area (Å²) in [6.45, 7) is 0. The van der Waals surface area contributed by atoms with Gasteiger partial charge in [-0.15, -0.1) is 0 Å². The van der Waals surface area contributed by atoms with E-state index >= 15 is 0 Å². The van der Waals surface area contributed by atoms with E-state index in [4.69, 9.17) is 9.47 Å². The number of hydrogen-bond acceptors (Lipinski definition) is 7. The Morgan fingerprint density at radius 1 is 0.833 bits per heavy atom. The van der Waals surface area contributed by atoms with Crippen molar-refractivity contribution in [3.8, 4) is 11.5 Å². The molecule has 2 heterocycles. The van der Waals surface area contributed by atoms with Gasteiger partial charge in [0, 0.05) is 20.0 Å². The molecule has 0 bridgehead atoms. The van der Waals surface area contributed by atoms with Crippen LogP contribution in [-0.2, 0) is 4.79 Å². The Balaban J connectivity index is 1.41. The Hall–Kier alpha value is -3.29. The van der Waals surface area contributed by atoms with Gasteiger partial charge in [-0.2, -0.15) is 0 Å². The van der Waals surface area contributed by atoms with Crippen molar-refractivity contribution in [1.29, 1.82) is 0 Å². The SMILES string of the molecule is CN1/C(=C\C2C(=O)C(O)C(/C=C3/Oc4ccccc4N3C)C2O)Oc2ccccc21. The third-order valence-electron chi connectivity index (χ3n) is 5.95. The van der Waals surface area contributed by atoms with Gasteiger partial charge in [-0.3, -0.25) is 4.79 Å². The molecule has 30 heavy (non-hydrogen) atoms. The Labute approximate surface area is 174 Å². The van der Waals surface area contributed by atoms with Crippen LogP contribution in [0.2, 0.25) is 0 Å². The van der Waals surface area contributed by atoms with E-state index in [1.807, 2.05) is 72.4 Å². The topological polar surface area (TPSA) is 82.5 Å². The van der Waals surface area contributed by atoms with E-state index in [0.29, 0.717) is 23.3 Å². The molecule has 0 amide bonds. The van der Waals surface area contributed by atoms with Crippen LogP contribution >= 0.6 is 0 Å². The standard InChI is InChI=1S/C23H22N2O5/c1-24-15-7-3-5-9-17(15)29-19(24)11-13-21(26)14(23(28)22(13)27)12-20-25(2)16-8-4-6-10-18(16)30-20/h3-14,21-22,26-27H,1-2H3/b19-11+,20-12+. The first-order chi connectivity index (χ1) is 14.5. The van der Waals surface area contributed by atoms with E-state index in [-0.39, 0.29) is 0 Å². The molecule has 2 N–H and O–H groups in total. The quantitative estimate of drug-likeness (QED) is 0.792. The molecule has 0 radical (unpaired) electrons. The highest BCUT2D eigenvalue weighted by Crippen LogP contribution is 2.42. The number of ketones is 1. The van der Waals surface area contributed by atoms with Gasteiger partial charge in [-0.1, -0.05) is 24.3 Å². The molecule has 2 aromatic rings. The van der Waals surface area contributed by atoms with Gasteiger partial charge >= 0.3 is 0 Å². The Kier molecular flexibility index (Phi) is 4.30. The second kappa shape index (κ2) is 6.90.